The van der Waals surface area contributed by atoms with Gasteiger partial charge < -0.3 is 14.9 Å². The highest BCUT2D eigenvalue weighted by Crippen LogP contribution is 2.67. The van der Waals surface area contributed by atoms with Crippen LogP contribution in [0.25, 0.3) is 0 Å². The van der Waals surface area contributed by atoms with Gasteiger partial charge in [0.05, 0.1) is 18.3 Å². The highest BCUT2D eigenvalue weighted by molar-refractivity contribution is 5.28. The predicted octanol–water partition coefficient (Wildman–Crippen LogP) is 6.62. The van der Waals surface area contributed by atoms with Gasteiger partial charge in [-0.05, 0) is 104 Å². The average molecular weight is 461 g/mol. The molecule has 3 nitrogen and oxygen atoms in total. The lowest BCUT2D eigenvalue weighted by molar-refractivity contribution is -0.111. The standard InChI is InChI=1S/C30H52O3/c1-8-20(18(2)3)15-26(32)19(4)23-9-10-24-28-25(12-14-30(23,24)6)29(5)13-11-22(31)16-21(29)17-27(28)33-7/h17-20,22-28,31-32H,8-16H2,1-7H3/t19-,20-,22-,23+,24-,25-,26+,27+,28-,29-,30+/m0/s1. The highest BCUT2D eigenvalue weighted by atomic mass is 16.5. The lowest BCUT2D eigenvalue weighted by Crippen LogP contribution is -2.55. The van der Waals surface area contributed by atoms with Crippen molar-refractivity contribution in [3.8, 4) is 0 Å². The molecular formula is C30H52O3. The second-order valence-corrected chi connectivity index (χ2v) is 13.3. The van der Waals surface area contributed by atoms with Crippen molar-refractivity contribution in [3.63, 3.8) is 0 Å². The summed E-state index contributed by atoms with van der Waals surface area (Å²) in [5.41, 5.74) is 2.00. The van der Waals surface area contributed by atoms with Gasteiger partial charge in [0, 0.05) is 7.11 Å². The van der Waals surface area contributed by atoms with Gasteiger partial charge in [0.1, 0.15) is 0 Å². The van der Waals surface area contributed by atoms with Gasteiger partial charge in [-0.1, -0.05) is 59.6 Å². The van der Waals surface area contributed by atoms with Crippen molar-refractivity contribution in [2.45, 2.75) is 118 Å². The van der Waals surface area contributed by atoms with Gasteiger partial charge in [0.15, 0.2) is 0 Å². The van der Waals surface area contributed by atoms with Crippen molar-refractivity contribution in [1.82, 2.24) is 0 Å². The number of fused-ring (bicyclic) bond motifs is 5. The van der Waals surface area contributed by atoms with E-state index in [0.29, 0.717) is 46.8 Å². The molecule has 4 aliphatic rings. The SMILES string of the molecule is CC[C@@H](C[C@@H](O)[C@@H](C)[C@H]1CC[C@H]2[C@@H]3[C@H](OC)C=C4C[C@@H](O)CC[C@]4(C)[C@H]3CC[C@]12C)C(C)C. The molecule has 2 N–H and O–H groups in total. The number of rotatable bonds is 7. The van der Waals surface area contributed by atoms with Crippen LogP contribution in [-0.4, -0.2) is 35.6 Å². The first-order valence-corrected chi connectivity index (χ1v) is 14.2. The molecule has 0 unspecified atom stereocenters. The molecule has 0 aromatic heterocycles. The number of ether oxygens (including phenoxy) is 1. The molecule has 190 valence electrons. The molecule has 0 radical (unpaired) electrons. The van der Waals surface area contributed by atoms with Crippen LogP contribution in [0.2, 0.25) is 0 Å². The number of aliphatic hydroxyl groups is 2. The van der Waals surface area contributed by atoms with Gasteiger partial charge in [0.2, 0.25) is 0 Å². The van der Waals surface area contributed by atoms with Crippen LogP contribution in [0.4, 0.5) is 0 Å². The van der Waals surface area contributed by atoms with Crippen LogP contribution in [0.1, 0.15) is 99.3 Å². The van der Waals surface area contributed by atoms with E-state index in [1.807, 2.05) is 7.11 Å². The van der Waals surface area contributed by atoms with Gasteiger partial charge in [-0.3, -0.25) is 0 Å². The third kappa shape index (κ3) is 4.27. The molecule has 0 aliphatic heterocycles. The van der Waals surface area contributed by atoms with Gasteiger partial charge >= 0.3 is 0 Å². The Labute approximate surface area is 203 Å². The van der Waals surface area contributed by atoms with Crippen molar-refractivity contribution in [2.75, 3.05) is 7.11 Å². The minimum atomic E-state index is -0.191. The third-order valence-corrected chi connectivity index (χ3v) is 11.7. The Morgan fingerprint density at radius 2 is 1.79 bits per heavy atom. The van der Waals surface area contributed by atoms with E-state index in [-0.39, 0.29) is 23.7 Å². The quantitative estimate of drug-likeness (QED) is 0.420. The molecule has 0 bridgehead atoms. The fourth-order valence-corrected chi connectivity index (χ4v) is 9.44. The molecule has 4 aliphatic carbocycles. The van der Waals surface area contributed by atoms with Crippen LogP contribution >= 0.6 is 0 Å². The van der Waals surface area contributed by atoms with Crippen molar-refractivity contribution in [2.24, 2.45) is 52.3 Å². The zero-order valence-electron chi connectivity index (χ0n) is 22.5. The zero-order valence-corrected chi connectivity index (χ0v) is 22.5. The summed E-state index contributed by atoms with van der Waals surface area (Å²) in [7, 11) is 1.89. The smallest absolute Gasteiger partial charge is 0.0788 e. The molecule has 0 saturated heterocycles. The van der Waals surface area contributed by atoms with E-state index >= 15 is 0 Å². The molecular weight excluding hydrogens is 408 g/mol. The second kappa shape index (κ2) is 9.58. The van der Waals surface area contributed by atoms with E-state index in [2.05, 4.69) is 47.6 Å². The van der Waals surface area contributed by atoms with Gasteiger partial charge in [-0.15, -0.1) is 0 Å². The molecule has 3 saturated carbocycles. The lowest BCUT2D eigenvalue weighted by Gasteiger charge is -2.60. The van der Waals surface area contributed by atoms with E-state index in [4.69, 9.17) is 4.74 Å². The number of aliphatic hydroxyl groups excluding tert-OH is 2. The molecule has 33 heavy (non-hydrogen) atoms. The Bertz CT molecular complexity index is 715. The number of hydrogen-bond donors (Lipinski definition) is 2. The van der Waals surface area contributed by atoms with E-state index < -0.39 is 0 Å². The van der Waals surface area contributed by atoms with Crippen LogP contribution in [0.5, 0.6) is 0 Å². The molecule has 0 spiro atoms. The zero-order chi connectivity index (χ0) is 24.1. The average Bonchev–Trinajstić information content (AvgIpc) is 3.13. The topological polar surface area (TPSA) is 49.7 Å². The summed E-state index contributed by atoms with van der Waals surface area (Å²) in [6, 6.07) is 0. The number of hydrogen-bond acceptors (Lipinski definition) is 3. The molecule has 3 heteroatoms. The van der Waals surface area contributed by atoms with E-state index in [9.17, 15) is 10.2 Å². The first-order chi connectivity index (χ1) is 15.6. The Morgan fingerprint density at radius 3 is 2.42 bits per heavy atom. The molecule has 4 rings (SSSR count). The van der Waals surface area contributed by atoms with Crippen molar-refractivity contribution in [1.29, 1.82) is 0 Å². The molecule has 11 atom stereocenters. The van der Waals surface area contributed by atoms with Crippen LogP contribution < -0.4 is 0 Å². The Morgan fingerprint density at radius 1 is 1.06 bits per heavy atom. The third-order valence-electron chi connectivity index (χ3n) is 11.7. The number of methoxy groups -OCH3 is 1. The Balaban J connectivity index is 1.57. The van der Waals surface area contributed by atoms with E-state index in [0.717, 1.165) is 32.1 Å². The summed E-state index contributed by atoms with van der Waals surface area (Å²) in [6.07, 6.45) is 12.3. The molecule has 0 aromatic rings. The summed E-state index contributed by atoms with van der Waals surface area (Å²) >= 11 is 0. The van der Waals surface area contributed by atoms with Crippen LogP contribution in [0, 0.1) is 52.3 Å². The second-order valence-electron chi connectivity index (χ2n) is 13.3. The molecule has 3 fully saturated rings. The minimum Gasteiger partial charge on any atom is -0.393 e. The predicted molar refractivity (Wildman–Crippen MR) is 136 cm³/mol. The first kappa shape index (κ1) is 25.7. The molecule has 0 aromatic carbocycles. The van der Waals surface area contributed by atoms with Gasteiger partial charge in [-0.25, -0.2) is 0 Å². The molecule has 0 amide bonds. The lowest BCUT2D eigenvalue weighted by atomic mass is 9.46. The summed E-state index contributed by atoms with van der Waals surface area (Å²) in [5.74, 6) is 4.13. The Kier molecular flexibility index (Phi) is 7.46. The first-order valence-electron chi connectivity index (χ1n) is 14.2. The summed E-state index contributed by atoms with van der Waals surface area (Å²) in [5, 5.41) is 21.7. The van der Waals surface area contributed by atoms with E-state index in [1.165, 1.54) is 31.3 Å². The van der Waals surface area contributed by atoms with Crippen LogP contribution in [0.15, 0.2) is 11.6 Å². The maximum atomic E-state index is 11.3. The van der Waals surface area contributed by atoms with Gasteiger partial charge in [-0.2, -0.15) is 0 Å². The van der Waals surface area contributed by atoms with Crippen LogP contribution in [-0.2, 0) is 4.74 Å². The van der Waals surface area contributed by atoms with Crippen LogP contribution in [0.3, 0.4) is 0 Å². The largest absolute Gasteiger partial charge is 0.393 e. The van der Waals surface area contributed by atoms with Gasteiger partial charge in [0.25, 0.3) is 0 Å². The van der Waals surface area contributed by atoms with Crippen molar-refractivity contribution in [3.05, 3.63) is 11.6 Å². The monoisotopic (exact) mass is 460 g/mol. The van der Waals surface area contributed by atoms with Crippen molar-refractivity contribution >= 4 is 0 Å². The fourth-order valence-electron chi connectivity index (χ4n) is 9.44. The Hall–Kier alpha value is -0.380. The maximum Gasteiger partial charge on any atom is 0.0788 e. The van der Waals surface area contributed by atoms with E-state index in [1.54, 1.807) is 0 Å². The summed E-state index contributed by atoms with van der Waals surface area (Å²) in [4.78, 5) is 0. The minimum absolute atomic E-state index is 0.178. The summed E-state index contributed by atoms with van der Waals surface area (Å²) in [6.45, 7) is 14.3. The summed E-state index contributed by atoms with van der Waals surface area (Å²) < 4.78 is 6.17. The maximum absolute atomic E-state index is 11.3. The fraction of sp³-hybridized carbons (Fsp3) is 0.933. The highest BCUT2D eigenvalue weighted by Gasteiger charge is 2.61. The van der Waals surface area contributed by atoms with Crippen molar-refractivity contribution < 1.29 is 14.9 Å². The normalized spacial score (nSPS) is 45.6. The molecule has 0 heterocycles.